The lowest BCUT2D eigenvalue weighted by Crippen LogP contribution is -2.25. The van der Waals surface area contributed by atoms with Gasteiger partial charge in [0.05, 0.1) is 10.9 Å². The van der Waals surface area contributed by atoms with Crippen LogP contribution >= 0.6 is 11.8 Å². The van der Waals surface area contributed by atoms with Crippen LogP contribution in [0.2, 0.25) is 0 Å². The number of hydrogen-bond acceptors (Lipinski definition) is 3. The Labute approximate surface area is 118 Å². The molecule has 1 heterocycles. The molecule has 0 unspecified atom stereocenters. The monoisotopic (exact) mass is 276 g/mol. The quantitative estimate of drug-likeness (QED) is 0.472. The summed E-state index contributed by atoms with van der Waals surface area (Å²) in [4.78, 5) is 17.2. The van der Waals surface area contributed by atoms with Gasteiger partial charge < -0.3 is 0 Å². The molecule has 0 aliphatic rings. The highest BCUT2D eigenvalue weighted by atomic mass is 32.2. The third-order valence-corrected chi connectivity index (χ3v) is 4.06. The maximum Gasteiger partial charge on any atom is 0.262 e. The molecule has 0 radical (unpaired) electrons. The summed E-state index contributed by atoms with van der Waals surface area (Å²) in [5.41, 5.74) is 0.864. The van der Waals surface area contributed by atoms with Crippen molar-refractivity contribution in [2.75, 3.05) is 5.75 Å². The van der Waals surface area contributed by atoms with Crippen LogP contribution in [0, 0.1) is 0 Å². The van der Waals surface area contributed by atoms with Crippen molar-refractivity contribution in [2.45, 2.75) is 44.8 Å². The van der Waals surface area contributed by atoms with Crippen molar-refractivity contribution in [1.29, 1.82) is 0 Å². The fourth-order valence-electron chi connectivity index (χ4n) is 1.99. The summed E-state index contributed by atoms with van der Waals surface area (Å²) < 4.78 is 1.81. The van der Waals surface area contributed by atoms with Crippen molar-refractivity contribution in [2.24, 2.45) is 0 Å². The van der Waals surface area contributed by atoms with Crippen LogP contribution in [0.3, 0.4) is 0 Å². The molecular formula is C15H20N2OS. The average molecular weight is 276 g/mol. The van der Waals surface area contributed by atoms with E-state index in [0.717, 1.165) is 29.3 Å². The molecule has 3 nitrogen and oxygen atoms in total. The molecule has 2 rings (SSSR count). The van der Waals surface area contributed by atoms with Crippen molar-refractivity contribution in [3.05, 3.63) is 34.6 Å². The number of hydrogen-bond donors (Lipinski definition) is 0. The number of rotatable bonds is 5. The average Bonchev–Trinajstić information content (AvgIpc) is 2.39. The van der Waals surface area contributed by atoms with E-state index >= 15 is 0 Å². The first-order valence-electron chi connectivity index (χ1n) is 6.79. The molecule has 0 atom stereocenters. The van der Waals surface area contributed by atoms with Crippen LogP contribution in [-0.2, 0) is 0 Å². The van der Waals surface area contributed by atoms with Crippen LogP contribution in [0.4, 0.5) is 0 Å². The molecule has 2 aromatic rings. The zero-order valence-corrected chi connectivity index (χ0v) is 12.5. The molecule has 0 amide bonds. The molecule has 0 spiro atoms. The second-order valence-corrected chi connectivity index (χ2v) is 5.94. The summed E-state index contributed by atoms with van der Waals surface area (Å²) in [5, 5.41) is 1.54. The van der Waals surface area contributed by atoms with Gasteiger partial charge in [0.25, 0.3) is 5.56 Å². The topological polar surface area (TPSA) is 34.9 Å². The van der Waals surface area contributed by atoms with Gasteiger partial charge in [-0.05, 0) is 32.4 Å². The van der Waals surface area contributed by atoms with Crippen LogP contribution < -0.4 is 5.56 Å². The SMILES string of the molecule is CCCCSc1nc2ccccc2c(=O)n1C(C)C. The predicted octanol–water partition coefficient (Wildman–Crippen LogP) is 3.87. The first-order valence-corrected chi connectivity index (χ1v) is 7.77. The second kappa shape index (κ2) is 6.24. The Morgan fingerprint density at radius 1 is 1.32 bits per heavy atom. The Balaban J connectivity index is 2.54. The molecule has 1 aromatic heterocycles. The van der Waals surface area contributed by atoms with E-state index in [1.54, 1.807) is 11.8 Å². The molecule has 19 heavy (non-hydrogen) atoms. The van der Waals surface area contributed by atoms with E-state index in [9.17, 15) is 4.79 Å². The minimum Gasteiger partial charge on any atom is -0.285 e. The van der Waals surface area contributed by atoms with Gasteiger partial charge in [-0.25, -0.2) is 4.98 Å². The van der Waals surface area contributed by atoms with E-state index in [-0.39, 0.29) is 11.6 Å². The third kappa shape index (κ3) is 3.00. The fraction of sp³-hybridized carbons (Fsp3) is 0.467. The van der Waals surface area contributed by atoms with E-state index in [1.807, 2.05) is 42.7 Å². The number of benzene rings is 1. The first kappa shape index (κ1) is 14.1. The minimum absolute atomic E-state index is 0.0691. The Bertz CT molecular complexity index is 619. The van der Waals surface area contributed by atoms with Gasteiger partial charge in [-0.15, -0.1) is 0 Å². The zero-order valence-electron chi connectivity index (χ0n) is 11.7. The van der Waals surface area contributed by atoms with Crippen LogP contribution in [0.15, 0.2) is 34.2 Å². The first-order chi connectivity index (χ1) is 9.15. The largest absolute Gasteiger partial charge is 0.285 e. The lowest BCUT2D eigenvalue weighted by molar-refractivity contribution is 0.519. The molecule has 0 aliphatic carbocycles. The Kier molecular flexibility index (Phi) is 4.64. The highest BCUT2D eigenvalue weighted by molar-refractivity contribution is 7.99. The second-order valence-electron chi connectivity index (χ2n) is 4.88. The molecule has 0 saturated carbocycles. The molecule has 0 saturated heterocycles. The Morgan fingerprint density at radius 2 is 2.05 bits per heavy atom. The summed E-state index contributed by atoms with van der Waals surface area (Å²) in [7, 11) is 0. The summed E-state index contributed by atoms with van der Waals surface area (Å²) in [6, 6.07) is 7.71. The molecule has 0 N–H and O–H groups in total. The smallest absolute Gasteiger partial charge is 0.262 e. The van der Waals surface area contributed by atoms with Gasteiger partial charge in [0.2, 0.25) is 0 Å². The van der Waals surface area contributed by atoms with Gasteiger partial charge in [-0.1, -0.05) is 37.2 Å². The summed E-state index contributed by atoms with van der Waals surface area (Å²) >= 11 is 1.68. The van der Waals surface area contributed by atoms with E-state index in [1.165, 1.54) is 0 Å². The Hall–Kier alpha value is -1.29. The van der Waals surface area contributed by atoms with Gasteiger partial charge >= 0.3 is 0 Å². The molecule has 0 fully saturated rings. The number of nitrogens with zero attached hydrogens (tertiary/aromatic N) is 2. The van der Waals surface area contributed by atoms with Crippen LogP contribution in [0.25, 0.3) is 10.9 Å². The number of aromatic nitrogens is 2. The number of para-hydroxylation sites is 1. The zero-order chi connectivity index (χ0) is 13.8. The van der Waals surface area contributed by atoms with E-state index in [2.05, 4.69) is 11.9 Å². The van der Waals surface area contributed by atoms with Crippen LogP contribution in [0.5, 0.6) is 0 Å². The molecule has 0 bridgehead atoms. The maximum atomic E-state index is 12.5. The summed E-state index contributed by atoms with van der Waals surface area (Å²) in [6.45, 7) is 6.23. The third-order valence-electron chi connectivity index (χ3n) is 3.02. The lowest BCUT2D eigenvalue weighted by Gasteiger charge is -2.15. The molecule has 1 aromatic carbocycles. The normalized spacial score (nSPS) is 11.4. The fourth-order valence-corrected chi connectivity index (χ4v) is 3.20. The van der Waals surface area contributed by atoms with Crippen molar-refractivity contribution in [1.82, 2.24) is 9.55 Å². The lowest BCUT2D eigenvalue weighted by atomic mass is 10.2. The van der Waals surface area contributed by atoms with Gasteiger partial charge in [-0.3, -0.25) is 9.36 Å². The van der Waals surface area contributed by atoms with Crippen LogP contribution in [0.1, 0.15) is 39.7 Å². The number of thioether (sulfide) groups is 1. The van der Waals surface area contributed by atoms with Gasteiger partial charge in [0.1, 0.15) is 0 Å². The van der Waals surface area contributed by atoms with Crippen molar-refractivity contribution in [3.63, 3.8) is 0 Å². The molecule has 102 valence electrons. The Morgan fingerprint density at radius 3 is 2.74 bits per heavy atom. The standard InChI is InChI=1S/C15H20N2OS/c1-4-5-10-19-15-16-13-9-7-6-8-12(13)14(18)17(15)11(2)3/h6-9,11H,4-5,10H2,1-3H3. The summed E-state index contributed by atoms with van der Waals surface area (Å²) in [6.07, 6.45) is 2.30. The van der Waals surface area contributed by atoms with Crippen LogP contribution in [-0.4, -0.2) is 15.3 Å². The summed E-state index contributed by atoms with van der Waals surface area (Å²) in [5.74, 6) is 1.01. The molecule has 4 heteroatoms. The van der Waals surface area contributed by atoms with E-state index in [0.29, 0.717) is 5.39 Å². The highest BCUT2D eigenvalue weighted by Crippen LogP contribution is 2.21. The minimum atomic E-state index is 0.0691. The number of unbranched alkanes of at least 4 members (excludes halogenated alkanes) is 1. The van der Waals surface area contributed by atoms with Gasteiger partial charge in [-0.2, -0.15) is 0 Å². The van der Waals surface area contributed by atoms with Gasteiger partial charge in [0.15, 0.2) is 5.16 Å². The number of fused-ring (bicyclic) bond motifs is 1. The van der Waals surface area contributed by atoms with Crippen molar-refractivity contribution in [3.8, 4) is 0 Å². The predicted molar refractivity (Wildman–Crippen MR) is 82.0 cm³/mol. The van der Waals surface area contributed by atoms with E-state index < -0.39 is 0 Å². The van der Waals surface area contributed by atoms with E-state index in [4.69, 9.17) is 0 Å². The molecule has 0 aliphatic heterocycles. The highest BCUT2D eigenvalue weighted by Gasteiger charge is 2.13. The van der Waals surface area contributed by atoms with Crippen molar-refractivity contribution < 1.29 is 0 Å². The van der Waals surface area contributed by atoms with Gasteiger partial charge in [0, 0.05) is 11.8 Å². The maximum absolute atomic E-state index is 12.5. The van der Waals surface area contributed by atoms with Crippen molar-refractivity contribution >= 4 is 22.7 Å². The molecular weight excluding hydrogens is 256 g/mol.